The third-order valence-electron chi connectivity index (χ3n) is 7.99. The minimum Gasteiger partial charge on any atom is -0.405 e. The predicted molar refractivity (Wildman–Crippen MR) is 138 cm³/mol. The van der Waals surface area contributed by atoms with E-state index in [9.17, 15) is 18.0 Å². The van der Waals surface area contributed by atoms with E-state index in [0.717, 1.165) is 44.3 Å². The standard InChI is InChI=1S/C28H26F3N5O5/c29-28(30,31)40-22-4-2-1-3-20(22)24-21(25(41-35-24)15-5-6-15)14-38-19-11-17-8-9-18(12-19)36(17)23-10-7-16(13-32-23)26-33-34-27(37)39-26/h1-4,7,10,13,15,17-19H,5-6,8-9,11-12,14H2,(H,34,37)/t17-,18+,19?. The summed E-state index contributed by atoms with van der Waals surface area (Å²) in [6, 6.07) is 10.2. The first-order chi connectivity index (χ1) is 19.8. The minimum absolute atomic E-state index is 0.0298. The molecule has 3 aromatic heterocycles. The van der Waals surface area contributed by atoms with E-state index in [1.54, 1.807) is 18.3 Å². The largest absolute Gasteiger partial charge is 0.573 e. The molecular weight excluding hydrogens is 543 g/mol. The van der Waals surface area contributed by atoms with Gasteiger partial charge in [-0.2, -0.15) is 0 Å². The number of aromatic amines is 1. The molecule has 7 rings (SSSR count). The van der Waals surface area contributed by atoms with Gasteiger partial charge in [-0.3, -0.25) is 0 Å². The lowest BCUT2D eigenvalue weighted by Crippen LogP contribution is -2.46. The maximum atomic E-state index is 13.1. The number of piperidine rings is 1. The molecular formula is C28H26F3N5O5. The third kappa shape index (κ3) is 5.21. The van der Waals surface area contributed by atoms with Gasteiger partial charge in [0.15, 0.2) is 0 Å². The number of benzene rings is 1. The monoisotopic (exact) mass is 569 g/mol. The lowest BCUT2D eigenvalue weighted by molar-refractivity contribution is -0.274. The first-order valence-electron chi connectivity index (χ1n) is 13.6. The minimum atomic E-state index is -4.83. The maximum absolute atomic E-state index is 13.1. The van der Waals surface area contributed by atoms with E-state index in [4.69, 9.17) is 13.7 Å². The summed E-state index contributed by atoms with van der Waals surface area (Å²) >= 11 is 0. The Morgan fingerprint density at radius 3 is 2.49 bits per heavy atom. The van der Waals surface area contributed by atoms with Crippen LogP contribution in [0.2, 0.25) is 0 Å². The molecule has 0 radical (unpaired) electrons. The smallest absolute Gasteiger partial charge is 0.405 e. The molecule has 1 saturated carbocycles. The van der Waals surface area contributed by atoms with Crippen LogP contribution < -0.4 is 15.4 Å². The average molecular weight is 570 g/mol. The van der Waals surface area contributed by atoms with E-state index < -0.39 is 12.1 Å². The average Bonchev–Trinajstić information content (AvgIpc) is 3.46. The molecule has 5 heterocycles. The highest BCUT2D eigenvalue weighted by Gasteiger charge is 2.42. The van der Waals surface area contributed by atoms with E-state index in [0.29, 0.717) is 22.6 Å². The summed E-state index contributed by atoms with van der Waals surface area (Å²) in [6.07, 6.45) is 2.29. The quantitative estimate of drug-likeness (QED) is 0.290. The van der Waals surface area contributed by atoms with Gasteiger partial charge in [-0.05, 0) is 62.8 Å². The second-order valence-electron chi connectivity index (χ2n) is 10.7. The van der Waals surface area contributed by atoms with Crippen molar-refractivity contribution in [1.29, 1.82) is 0 Å². The molecule has 4 aromatic rings. The summed E-state index contributed by atoms with van der Waals surface area (Å²) in [7, 11) is 0. The SMILES string of the molecule is O=c1[nH]nc(-c2ccc(N3[C@@H]4CC[C@H]3CC(OCc3c(-c5ccccc5OC(F)(F)F)noc3C3CC3)C4)nc2)o1. The Labute approximate surface area is 231 Å². The number of nitrogens with zero attached hydrogens (tertiary/aromatic N) is 4. The Balaban J connectivity index is 1.07. The number of pyridine rings is 1. The van der Waals surface area contributed by atoms with Gasteiger partial charge in [-0.1, -0.05) is 17.3 Å². The van der Waals surface area contributed by atoms with Gasteiger partial charge in [-0.15, -0.1) is 18.3 Å². The van der Waals surface area contributed by atoms with Gasteiger partial charge in [0.05, 0.1) is 18.3 Å². The van der Waals surface area contributed by atoms with Crippen LogP contribution in [-0.2, 0) is 11.3 Å². The van der Waals surface area contributed by atoms with Crippen molar-refractivity contribution in [1.82, 2.24) is 20.3 Å². The Morgan fingerprint density at radius 2 is 1.83 bits per heavy atom. The molecule has 1 aromatic carbocycles. The van der Waals surface area contributed by atoms with Gasteiger partial charge in [0.2, 0.25) is 0 Å². The van der Waals surface area contributed by atoms with Crippen LogP contribution >= 0.6 is 0 Å². The van der Waals surface area contributed by atoms with Gasteiger partial charge >= 0.3 is 12.1 Å². The molecule has 3 aliphatic rings. The fourth-order valence-corrected chi connectivity index (χ4v) is 6.07. The molecule has 13 heteroatoms. The Kier molecular flexibility index (Phi) is 6.33. The number of ether oxygens (including phenoxy) is 2. The number of aromatic nitrogens is 4. The summed E-state index contributed by atoms with van der Waals surface area (Å²) < 4.78 is 60.6. The third-order valence-corrected chi connectivity index (χ3v) is 7.99. The topological polar surface area (TPSA) is 120 Å². The molecule has 1 aliphatic carbocycles. The number of hydrogen-bond acceptors (Lipinski definition) is 9. The van der Waals surface area contributed by atoms with Crippen LogP contribution in [0.4, 0.5) is 19.0 Å². The maximum Gasteiger partial charge on any atom is 0.573 e. The Hall–Kier alpha value is -4.13. The fourth-order valence-electron chi connectivity index (χ4n) is 6.07. The molecule has 0 amide bonds. The van der Waals surface area contributed by atoms with E-state index in [1.807, 2.05) is 12.1 Å². The van der Waals surface area contributed by atoms with Crippen LogP contribution in [0, 0.1) is 0 Å². The number of para-hydroxylation sites is 1. The lowest BCUT2D eigenvalue weighted by atomic mass is 9.99. The van der Waals surface area contributed by atoms with Crippen molar-refractivity contribution in [2.45, 2.75) is 75.6 Å². The van der Waals surface area contributed by atoms with Crippen molar-refractivity contribution in [3.63, 3.8) is 0 Å². The van der Waals surface area contributed by atoms with Crippen molar-refractivity contribution >= 4 is 5.82 Å². The summed E-state index contributed by atoms with van der Waals surface area (Å²) in [6.45, 7) is 0.191. The molecule has 0 spiro atoms. The van der Waals surface area contributed by atoms with E-state index in [2.05, 4.69) is 30.0 Å². The highest BCUT2D eigenvalue weighted by Crippen LogP contribution is 2.46. The molecule has 10 nitrogen and oxygen atoms in total. The molecule has 3 atom stereocenters. The number of halogens is 3. The highest BCUT2D eigenvalue weighted by molar-refractivity contribution is 5.70. The first-order valence-corrected chi connectivity index (χ1v) is 13.6. The molecule has 41 heavy (non-hydrogen) atoms. The number of nitrogens with one attached hydrogen (secondary N) is 1. The summed E-state index contributed by atoms with van der Waals surface area (Å²) in [5.41, 5.74) is 1.83. The normalized spacial score (nSPS) is 22.3. The number of alkyl halides is 3. The summed E-state index contributed by atoms with van der Waals surface area (Å²) in [5, 5.41) is 10.3. The summed E-state index contributed by atoms with van der Waals surface area (Å²) in [5.74, 6) is 0.972. The van der Waals surface area contributed by atoms with Crippen molar-refractivity contribution in [2.24, 2.45) is 0 Å². The van der Waals surface area contributed by atoms with E-state index in [-0.39, 0.29) is 47.9 Å². The first kappa shape index (κ1) is 25.8. The Morgan fingerprint density at radius 1 is 1.05 bits per heavy atom. The molecule has 3 fully saturated rings. The fraction of sp³-hybridized carbons (Fsp3) is 0.429. The molecule has 1 unspecified atom stereocenters. The molecule has 214 valence electrons. The van der Waals surface area contributed by atoms with Gasteiger partial charge in [-0.25, -0.2) is 14.9 Å². The van der Waals surface area contributed by atoms with Crippen LogP contribution in [0.1, 0.15) is 55.8 Å². The number of rotatable bonds is 8. The highest BCUT2D eigenvalue weighted by atomic mass is 19.4. The van der Waals surface area contributed by atoms with Crippen LogP contribution in [0.3, 0.4) is 0 Å². The van der Waals surface area contributed by atoms with Crippen molar-refractivity contribution in [3.8, 4) is 28.5 Å². The van der Waals surface area contributed by atoms with E-state index in [1.165, 1.54) is 12.1 Å². The van der Waals surface area contributed by atoms with E-state index >= 15 is 0 Å². The van der Waals surface area contributed by atoms with Crippen molar-refractivity contribution < 1.29 is 31.6 Å². The number of anilines is 1. The zero-order chi connectivity index (χ0) is 28.1. The van der Waals surface area contributed by atoms with Gasteiger partial charge in [0.1, 0.15) is 23.0 Å². The van der Waals surface area contributed by atoms with Crippen molar-refractivity contribution in [2.75, 3.05) is 4.90 Å². The second-order valence-corrected chi connectivity index (χ2v) is 10.7. The van der Waals surface area contributed by atoms with Crippen LogP contribution in [0.25, 0.3) is 22.7 Å². The van der Waals surface area contributed by atoms with Gasteiger partial charge in [0, 0.05) is 35.3 Å². The summed E-state index contributed by atoms with van der Waals surface area (Å²) in [4.78, 5) is 18.2. The van der Waals surface area contributed by atoms with Gasteiger partial charge < -0.3 is 23.3 Å². The second kappa shape index (κ2) is 10.1. The molecule has 1 N–H and O–H groups in total. The Bertz CT molecular complexity index is 1580. The zero-order valence-corrected chi connectivity index (χ0v) is 21.8. The molecule has 2 aliphatic heterocycles. The van der Waals surface area contributed by atoms with Crippen LogP contribution in [0.15, 0.2) is 56.3 Å². The predicted octanol–water partition coefficient (Wildman–Crippen LogP) is 5.57. The van der Waals surface area contributed by atoms with Crippen LogP contribution in [-0.4, -0.2) is 44.9 Å². The van der Waals surface area contributed by atoms with Crippen molar-refractivity contribution in [3.05, 3.63) is 64.5 Å². The lowest BCUT2D eigenvalue weighted by Gasteiger charge is -2.39. The number of H-pyrrole nitrogens is 1. The molecule has 2 bridgehead atoms. The number of hydrogen-bond donors (Lipinski definition) is 1. The zero-order valence-electron chi connectivity index (χ0n) is 21.8. The number of fused-ring (bicyclic) bond motifs is 2. The van der Waals surface area contributed by atoms with Gasteiger partial charge in [0.25, 0.3) is 5.89 Å². The molecule has 2 saturated heterocycles. The van der Waals surface area contributed by atoms with Crippen LogP contribution in [0.5, 0.6) is 5.75 Å².